The molecule has 0 saturated carbocycles. The minimum Gasteiger partial charge on any atom is -0.412 e. The summed E-state index contributed by atoms with van der Waals surface area (Å²) < 4.78 is 0. The number of hydrogen-bond donors (Lipinski definition) is 1. The van der Waals surface area contributed by atoms with Gasteiger partial charge in [0.15, 0.2) is 0 Å². The lowest BCUT2D eigenvalue weighted by atomic mass is 10.2. The first-order valence-corrected chi connectivity index (χ1v) is 7.76. The van der Waals surface area contributed by atoms with Crippen LogP contribution in [0.3, 0.4) is 0 Å². The number of nitrogens with one attached hydrogen (secondary N) is 1. The Balaban J connectivity index is 2.89. The van der Waals surface area contributed by atoms with Crippen LogP contribution in [0.2, 0.25) is 10.1 Å². The minimum atomic E-state index is -1.09. The molecule has 0 aliphatic carbocycles. The highest BCUT2D eigenvalue weighted by atomic mass is 28.3. The molecule has 1 aromatic carbocycles. The van der Waals surface area contributed by atoms with Gasteiger partial charge in [-0.3, -0.25) is 0 Å². The van der Waals surface area contributed by atoms with Gasteiger partial charge in [0.05, 0.1) is 0 Å². The second-order valence-electron chi connectivity index (χ2n) is 6.68. The van der Waals surface area contributed by atoms with Crippen LogP contribution in [0.4, 0.5) is 5.69 Å². The first-order valence-electron chi connectivity index (χ1n) is 6.03. The van der Waals surface area contributed by atoms with Gasteiger partial charge in [-0.2, -0.15) is 0 Å². The Bertz CT molecular complexity index is 305. The van der Waals surface area contributed by atoms with Gasteiger partial charge in [-0.05, 0) is 22.2 Å². The molecule has 0 saturated heterocycles. The monoisotopic (exact) mass is 235 g/mol. The number of para-hydroxylation sites is 1. The van der Waals surface area contributed by atoms with E-state index in [1.165, 1.54) is 5.69 Å². The fourth-order valence-electron chi connectivity index (χ4n) is 2.43. The maximum Gasteiger partial charge on any atom is 0.147 e. The van der Waals surface area contributed by atoms with Crippen LogP contribution in [0.25, 0.3) is 0 Å². The van der Waals surface area contributed by atoms with Crippen molar-refractivity contribution >= 4 is 14.6 Å². The molecule has 0 fully saturated rings. The third kappa shape index (κ3) is 3.67. The van der Waals surface area contributed by atoms with Crippen molar-refractivity contribution in [3.8, 4) is 0 Å². The number of rotatable bonds is 2. The highest BCUT2D eigenvalue weighted by Crippen LogP contribution is 2.41. The lowest BCUT2D eigenvalue weighted by Gasteiger charge is -2.40. The summed E-state index contributed by atoms with van der Waals surface area (Å²) in [6, 6.07) is 10.6. The molecule has 2 heteroatoms. The predicted molar refractivity (Wildman–Crippen MR) is 76.6 cm³/mol. The Morgan fingerprint density at radius 1 is 0.812 bits per heavy atom. The molecule has 16 heavy (non-hydrogen) atoms. The lowest BCUT2D eigenvalue weighted by molar-refractivity contribution is 0.646. The molecule has 1 aromatic rings. The molecule has 0 aromatic heterocycles. The molecule has 0 unspecified atom stereocenters. The third-order valence-electron chi connectivity index (χ3n) is 2.82. The molecule has 0 spiro atoms. The van der Waals surface area contributed by atoms with E-state index in [0.29, 0.717) is 10.1 Å². The summed E-state index contributed by atoms with van der Waals surface area (Å²) in [5.41, 5.74) is 1.27. The van der Waals surface area contributed by atoms with Crippen molar-refractivity contribution in [3.05, 3.63) is 30.3 Å². The first kappa shape index (κ1) is 13.3. The fourth-order valence-corrected chi connectivity index (χ4v) is 6.42. The molecule has 0 radical (unpaired) electrons. The maximum absolute atomic E-state index is 3.80. The molecule has 1 nitrogen and oxygen atoms in total. The van der Waals surface area contributed by atoms with Gasteiger partial charge in [0.1, 0.15) is 8.96 Å². The summed E-state index contributed by atoms with van der Waals surface area (Å²) in [6.45, 7) is 14.1. The second-order valence-corrected chi connectivity index (χ2v) is 11.3. The van der Waals surface area contributed by atoms with Crippen LogP contribution in [-0.2, 0) is 0 Å². The smallest absolute Gasteiger partial charge is 0.147 e. The Labute approximate surface area is 102 Å². The normalized spacial score (nSPS) is 12.9. The lowest BCUT2D eigenvalue weighted by Crippen LogP contribution is -2.42. The molecule has 0 aliphatic heterocycles. The van der Waals surface area contributed by atoms with Gasteiger partial charge in [-0.15, -0.1) is 0 Å². The van der Waals surface area contributed by atoms with Gasteiger partial charge >= 0.3 is 0 Å². The highest BCUT2D eigenvalue weighted by Gasteiger charge is 2.36. The van der Waals surface area contributed by atoms with Gasteiger partial charge in [-0.25, -0.2) is 0 Å². The van der Waals surface area contributed by atoms with Crippen LogP contribution in [0.15, 0.2) is 30.3 Å². The Morgan fingerprint density at radius 3 is 1.62 bits per heavy atom. The molecule has 0 bridgehead atoms. The highest BCUT2D eigenvalue weighted by molar-refractivity contribution is 6.68. The fraction of sp³-hybridized carbons (Fsp3) is 0.571. The molecule has 0 heterocycles. The van der Waals surface area contributed by atoms with Crippen molar-refractivity contribution in [1.82, 2.24) is 0 Å². The average molecular weight is 235 g/mol. The van der Waals surface area contributed by atoms with E-state index >= 15 is 0 Å². The minimum absolute atomic E-state index is 0.383. The standard InChI is InChI=1S/C14H25NSi/c1-13(2,3)16(14(4,5)6)15-12-10-8-7-9-11-12/h7-11,15-16H,1-6H3. The summed E-state index contributed by atoms with van der Waals surface area (Å²) in [5, 5.41) is 0.766. The van der Waals surface area contributed by atoms with Crippen LogP contribution < -0.4 is 4.98 Å². The quantitative estimate of drug-likeness (QED) is 0.748. The summed E-state index contributed by atoms with van der Waals surface area (Å²) in [7, 11) is -1.09. The van der Waals surface area contributed by atoms with E-state index < -0.39 is 8.96 Å². The zero-order valence-electron chi connectivity index (χ0n) is 11.5. The van der Waals surface area contributed by atoms with Gasteiger partial charge < -0.3 is 4.98 Å². The van der Waals surface area contributed by atoms with Gasteiger partial charge in [0, 0.05) is 5.69 Å². The molecule has 1 N–H and O–H groups in total. The van der Waals surface area contributed by atoms with Gasteiger partial charge in [0.25, 0.3) is 0 Å². The second kappa shape index (κ2) is 4.62. The first-order chi connectivity index (χ1) is 7.21. The van der Waals surface area contributed by atoms with E-state index in [1.54, 1.807) is 0 Å². The maximum atomic E-state index is 3.80. The van der Waals surface area contributed by atoms with Gasteiger partial charge in [-0.1, -0.05) is 59.7 Å². The Morgan fingerprint density at radius 2 is 1.25 bits per heavy atom. The van der Waals surface area contributed by atoms with Crippen molar-refractivity contribution in [3.63, 3.8) is 0 Å². The summed E-state index contributed by atoms with van der Waals surface area (Å²) in [5.74, 6) is 0. The van der Waals surface area contributed by atoms with E-state index in [2.05, 4.69) is 76.9 Å². The third-order valence-corrected chi connectivity index (χ3v) is 6.90. The zero-order valence-corrected chi connectivity index (χ0v) is 12.6. The molecule has 0 aliphatic rings. The number of hydrogen-bond acceptors (Lipinski definition) is 1. The van der Waals surface area contributed by atoms with E-state index in [9.17, 15) is 0 Å². The van der Waals surface area contributed by atoms with Gasteiger partial charge in [0.2, 0.25) is 0 Å². The summed E-state index contributed by atoms with van der Waals surface area (Å²) >= 11 is 0. The average Bonchev–Trinajstić information content (AvgIpc) is 2.12. The van der Waals surface area contributed by atoms with E-state index in [-0.39, 0.29) is 0 Å². The van der Waals surface area contributed by atoms with Crippen LogP contribution in [-0.4, -0.2) is 8.96 Å². The van der Waals surface area contributed by atoms with Crippen LogP contribution in [0, 0.1) is 0 Å². The van der Waals surface area contributed by atoms with Crippen LogP contribution >= 0.6 is 0 Å². The van der Waals surface area contributed by atoms with E-state index in [0.717, 1.165) is 0 Å². The van der Waals surface area contributed by atoms with Crippen LogP contribution in [0.5, 0.6) is 0 Å². The van der Waals surface area contributed by atoms with E-state index in [4.69, 9.17) is 0 Å². The molecular formula is C14H25NSi. The van der Waals surface area contributed by atoms with Crippen molar-refractivity contribution in [1.29, 1.82) is 0 Å². The van der Waals surface area contributed by atoms with Crippen molar-refractivity contribution in [2.24, 2.45) is 0 Å². The van der Waals surface area contributed by atoms with E-state index in [1.807, 2.05) is 0 Å². The Hall–Kier alpha value is -0.763. The molecular weight excluding hydrogens is 210 g/mol. The van der Waals surface area contributed by atoms with Crippen LogP contribution in [0.1, 0.15) is 41.5 Å². The molecule has 1 rings (SSSR count). The summed E-state index contributed by atoms with van der Waals surface area (Å²) in [6.07, 6.45) is 0. The Kier molecular flexibility index (Phi) is 3.84. The topological polar surface area (TPSA) is 12.0 Å². The molecule has 90 valence electrons. The predicted octanol–water partition coefficient (Wildman–Crippen LogP) is 4.42. The number of anilines is 1. The number of benzene rings is 1. The molecule has 0 atom stereocenters. The molecule has 0 amide bonds. The zero-order chi connectivity index (χ0) is 12.4. The van der Waals surface area contributed by atoms with Crippen molar-refractivity contribution < 1.29 is 0 Å². The largest absolute Gasteiger partial charge is 0.412 e. The SMILES string of the molecule is CC(C)(C)[SiH](Nc1ccccc1)C(C)(C)C. The van der Waals surface area contributed by atoms with Crippen molar-refractivity contribution in [2.75, 3.05) is 4.98 Å². The summed E-state index contributed by atoms with van der Waals surface area (Å²) in [4.78, 5) is 3.80. The van der Waals surface area contributed by atoms with Crippen molar-refractivity contribution in [2.45, 2.75) is 51.6 Å².